The summed E-state index contributed by atoms with van der Waals surface area (Å²) in [5.41, 5.74) is -0.875. The van der Waals surface area contributed by atoms with Crippen LogP contribution in [0.4, 0.5) is 30.0 Å². The molecule has 1 saturated carbocycles. The van der Waals surface area contributed by atoms with Crippen LogP contribution in [-0.2, 0) is 4.79 Å². The highest BCUT2D eigenvalue weighted by Gasteiger charge is 2.53. The number of ether oxygens (including phenoxy) is 1. The Hall–Kier alpha value is -3.83. The number of urea groups is 2. The second-order valence-corrected chi connectivity index (χ2v) is 8.96. The zero-order valence-electron chi connectivity index (χ0n) is 19.4. The van der Waals surface area contributed by atoms with Crippen LogP contribution >= 0.6 is 0 Å². The second kappa shape index (κ2) is 9.43. The third-order valence-corrected chi connectivity index (χ3v) is 6.28. The molecule has 35 heavy (non-hydrogen) atoms. The third-order valence-electron chi connectivity index (χ3n) is 6.28. The van der Waals surface area contributed by atoms with Crippen molar-refractivity contribution in [3.05, 3.63) is 36.7 Å². The molecule has 0 atom stereocenters. The predicted molar refractivity (Wildman–Crippen MR) is 122 cm³/mol. The van der Waals surface area contributed by atoms with Crippen LogP contribution in [0.3, 0.4) is 0 Å². The Morgan fingerprint density at radius 2 is 1.74 bits per heavy atom. The molecule has 2 aliphatic rings. The molecule has 1 aliphatic heterocycles. The van der Waals surface area contributed by atoms with Crippen LogP contribution in [-0.4, -0.2) is 64.3 Å². The van der Waals surface area contributed by atoms with Gasteiger partial charge in [-0.05, 0) is 37.5 Å². The number of alkyl halides is 2. The van der Waals surface area contributed by atoms with Crippen molar-refractivity contribution in [3.8, 4) is 11.5 Å². The van der Waals surface area contributed by atoms with Crippen LogP contribution < -0.4 is 15.4 Å². The van der Waals surface area contributed by atoms with Crippen molar-refractivity contribution in [2.75, 3.05) is 31.3 Å². The molecule has 2 fully saturated rings. The predicted octanol–water partition coefficient (Wildman–Crippen LogP) is 4.32. The summed E-state index contributed by atoms with van der Waals surface area (Å²) in [5.74, 6) is -1.84. The summed E-state index contributed by atoms with van der Waals surface area (Å²) < 4.78 is 32.8. The van der Waals surface area contributed by atoms with Crippen molar-refractivity contribution >= 4 is 29.6 Å². The Kier molecular flexibility index (Phi) is 6.55. The van der Waals surface area contributed by atoms with E-state index in [9.17, 15) is 23.2 Å². The minimum atomic E-state index is -2.74. The number of likely N-dealkylation sites (tertiary alicyclic amines) is 1. The van der Waals surface area contributed by atoms with Crippen molar-refractivity contribution < 1.29 is 27.9 Å². The number of halogens is 2. The van der Waals surface area contributed by atoms with Crippen molar-refractivity contribution in [1.29, 1.82) is 0 Å². The van der Waals surface area contributed by atoms with E-state index >= 15 is 0 Å². The van der Waals surface area contributed by atoms with Crippen LogP contribution in [0, 0.1) is 5.41 Å². The average Bonchev–Trinajstić information content (AvgIpc) is 3.13. The smallest absolute Gasteiger partial charge is 0.329 e. The fraction of sp³-hybridized carbons (Fsp3) is 0.435. The van der Waals surface area contributed by atoms with Crippen LogP contribution in [0.15, 0.2) is 36.7 Å². The van der Waals surface area contributed by atoms with Crippen LogP contribution in [0.2, 0.25) is 0 Å². The molecule has 1 spiro atoms. The normalized spacial score (nSPS) is 18.3. The lowest BCUT2D eigenvalue weighted by atomic mass is 9.72. The second-order valence-electron chi connectivity index (χ2n) is 8.96. The molecule has 1 aliphatic carbocycles. The lowest BCUT2D eigenvalue weighted by Gasteiger charge is -2.35. The number of carbonyl (C=O) groups excluding carboxylic acids is 3. The summed E-state index contributed by atoms with van der Waals surface area (Å²) >= 11 is 0. The molecule has 3 heterocycles. The van der Waals surface area contributed by atoms with E-state index < -0.39 is 23.3 Å². The lowest BCUT2D eigenvalue weighted by molar-refractivity contribution is -0.140. The quantitative estimate of drug-likeness (QED) is 0.662. The summed E-state index contributed by atoms with van der Waals surface area (Å²) in [6, 6.07) is 5.28. The minimum Gasteiger partial charge on any atom is -0.456 e. The minimum absolute atomic E-state index is 0.0858. The summed E-state index contributed by atoms with van der Waals surface area (Å²) in [6.07, 6.45) is 2.76. The fourth-order valence-corrected chi connectivity index (χ4v) is 4.16. The van der Waals surface area contributed by atoms with Crippen LogP contribution in [0.1, 0.15) is 32.1 Å². The lowest BCUT2D eigenvalue weighted by Crippen LogP contribution is -2.43. The molecule has 186 valence electrons. The first-order chi connectivity index (χ1) is 16.6. The van der Waals surface area contributed by atoms with Gasteiger partial charge in [-0.2, -0.15) is 0 Å². The van der Waals surface area contributed by atoms with Crippen LogP contribution in [0.25, 0.3) is 0 Å². The van der Waals surface area contributed by atoms with Gasteiger partial charge in [0.25, 0.3) is 0 Å². The summed E-state index contributed by atoms with van der Waals surface area (Å²) in [7, 11) is 3.22. The Morgan fingerprint density at radius 3 is 2.40 bits per heavy atom. The van der Waals surface area contributed by atoms with Gasteiger partial charge in [0, 0.05) is 45.7 Å². The summed E-state index contributed by atoms with van der Waals surface area (Å²) in [4.78, 5) is 47.9. The first-order valence-corrected chi connectivity index (χ1v) is 11.2. The molecular weight excluding hydrogens is 462 g/mol. The Labute approximate surface area is 200 Å². The van der Waals surface area contributed by atoms with E-state index in [0.29, 0.717) is 23.7 Å². The Morgan fingerprint density at radius 1 is 1.00 bits per heavy atom. The summed E-state index contributed by atoms with van der Waals surface area (Å²) in [6.45, 7) is 0.187. The van der Waals surface area contributed by atoms with Crippen molar-refractivity contribution in [3.63, 3.8) is 0 Å². The largest absolute Gasteiger partial charge is 0.456 e. The fourth-order valence-electron chi connectivity index (χ4n) is 4.16. The number of rotatable bonds is 4. The zero-order chi connectivity index (χ0) is 25.2. The molecule has 0 aromatic carbocycles. The number of carbonyl (C=O) groups is 3. The molecule has 0 bridgehead atoms. The molecule has 10 nitrogen and oxygen atoms in total. The van der Waals surface area contributed by atoms with Crippen molar-refractivity contribution in [2.24, 2.45) is 5.41 Å². The number of nitrogens with one attached hydrogen (secondary N) is 2. The summed E-state index contributed by atoms with van der Waals surface area (Å²) in [5, 5.41) is 5.19. The number of nitrogens with zero attached hydrogens (tertiary/aromatic N) is 4. The number of aromatic nitrogens is 2. The van der Waals surface area contributed by atoms with E-state index in [-0.39, 0.29) is 44.1 Å². The van der Waals surface area contributed by atoms with Gasteiger partial charge < -0.3 is 9.64 Å². The average molecular weight is 488 g/mol. The molecule has 0 unspecified atom stereocenters. The number of anilines is 2. The maximum atomic E-state index is 13.5. The molecule has 0 radical (unpaired) electrons. The van der Waals surface area contributed by atoms with Crippen molar-refractivity contribution in [1.82, 2.24) is 19.8 Å². The zero-order valence-corrected chi connectivity index (χ0v) is 19.4. The molecular formula is C23H26F2N6O4. The van der Waals surface area contributed by atoms with Crippen molar-refractivity contribution in [2.45, 2.75) is 38.0 Å². The number of imide groups is 1. The van der Waals surface area contributed by atoms with Gasteiger partial charge >= 0.3 is 12.1 Å². The van der Waals surface area contributed by atoms with Gasteiger partial charge in [0.1, 0.15) is 23.1 Å². The molecule has 1 saturated heterocycles. The maximum Gasteiger partial charge on any atom is 0.329 e. The van der Waals surface area contributed by atoms with E-state index in [1.807, 2.05) is 0 Å². The maximum absolute atomic E-state index is 13.5. The monoisotopic (exact) mass is 488 g/mol. The molecule has 5 amide bonds. The van der Waals surface area contributed by atoms with Gasteiger partial charge in [-0.25, -0.2) is 28.3 Å². The topological polar surface area (TPSA) is 117 Å². The van der Waals surface area contributed by atoms with Gasteiger partial charge in [-0.15, -0.1) is 0 Å². The Bertz CT molecular complexity index is 1120. The van der Waals surface area contributed by atoms with Gasteiger partial charge in [0.05, 0.1) is 11.6 Å². The number of hydrogen-bond donors (Lipinski definition) is 2. The molecule has 2 aromatic rings. The van der Waals surface area contributed by atoms with E-state index in [0.717, 1.165) is 4.90 Å². The molecule has 2 N–H and O–H groups in total. The Balaban J connectivity index is 1.34. The standard InChI is InChI=1S/C23H26F2N6O4/c1-30(2)20(33)29-18-13-15(5-11-26-18)35-16-3-4-17(27-14-16)28-21(34)31-12-10-22(19(31)32)6-8-23(24,25)9-7-22/h3-5,11,13-14H,6-10,12H2,1-2H3,(H,26,29,33)(H,27,28,34). The number of amides is 5. The molecule has 2 aromatic heterocycles. The van der Waals surface area contributed by atoms with E-state index in [1.165, 1.54) is 23.4 Å². The first kappa shape index (κ1) is 24.3. The van der Waals surface area contributed by atoms with Gasteiger partial charge in [-0.3, -0.25) is 20.3 Å². The number of hydrogen-bond acceptors (Lipinski definition) is 6. The van der Waals surface area contributed by atoms with Crippen LogP contribution in [0.5, 0.6) is 11.5 Å². The highest BCUT2D eigenvalue weighted by atomic mass is 19.3. The van der Waals surface area contributed by atoms with E-state index in [1.54, 1.807) is 32.3 Å². The first-order valence-electron chi connectivity index (χ1n) is 11.2. The SMILES string of the molecule is CN(C)C(=O)Nc1cc(Oc2ccc(NC(=O)N3CCC4(CCC(F)(F)CC4)C3=O)nc2)ccn1. The highest BCUT2D eigenvalue weighted by Crippen LogP contribution is 2.49. The number of pyridine rings is 2. The van der Waals surface area contributed by atoms with Gasteiger partial charge in [0.15, 0.2) is 0 Å². The van der Waals surface area contributed by atoms with E-state index in [2.05, 4.69) is 20.6 Å². The van der Waals surface area contributed by atoms with Gasteiger partial charge in [0.2, 0.25) is 11.8 Å². The van der Waals surface area contributed by atoms with Gasteiger partial charge in [-0.1, -0.05) is 0 Å². The molecule has 12 heteroatoms. The third kappa shape index (κ3) is 5.47. The molecule has 4 rings (SSSR count). The van der Waals surface area contributed by atoms with E-state index in [4.69, 9.17) is 4.74 Å². The highest BCUT2D eigenvalue weighted by molar-refractivity contribution is 6.04.